The number of methoxy groups -OCH3 is 1. The van der Waals surface area contributed by atoms with Gasteiger partial charge in [0.15, 0.2) is 0 Å². The summed E-state index contributed by atoms with van der Waals surface area (Å²) in [5, 5.41) is 9.59. The number of pyridine rings is 1. The van der Waals surface area contributed by atoms with Crippen LogP contribution < -0.4 is 0 Å². The maximum absolute atomic E-state index is 9.59. The van der Waals surface area contributed by atoms with Crippen molar-refractivity contribution in [2.75, 3.05) is 13.7 Å². The van der Waals surface area contributed by atoms with Crippen LogP contribution in [0.15, 0.2) is 42.7 Å². The van der Waals surface area contributed by atoms with E-state index in [4.69, 9.17) is 4.74 Å². The number of para-hydroxylation sites is 2. The molecule has 102 valence electrons. The standard InChI is InChI=1S/C15H15N3O2/c1-20-7-6-18-14-5-3-2-4-13(14)17-15(18)11-8-12(19)10-16-9-11/h2-5,8-10,19H,6-7H2,1H3. The molecule has 3 rings (SSSR count). The van der Waals surface area contributed by atoms with Gasteiger partial charge in [0, 0.05) is 25.4 Å². The molecule has 2 aromatic heterocycles. The van der Waals surface area contributed by atoms with Crippen LogP contribution in [0.1, 0.15) is 0 Å². The first-order valence-corrected chi connectivity index (χ1v) is 6.38. The van der Waals surface area contributed by atoms with Crippen LogP contribution in [0.2, 0.25) is 0 Å². The van der Waals surface area contributed by atoms with Crippen LogP contribution in [-0.4, -0.2) is 33.4 Å². The van der Waals surface area contributed by atoms with Crippen molar-refractivity contribution in [3.63, 3.8) is 0 Å². The first-order chi connectivity index (χ1) is 9.79. The quantitative estimate of drug-likeness (QED) is 0.790. The molecule has 0 amide bonds. The Morgan fingerprint density at radius 1 is 1.25 bits per heavy atom. The average Bonchev–Trinajstić information content (AvgIpc) is 2.84. The highest BCUT2D eigenvalue weighted by atomic mass is 16.5. The lowest BCUT2D eigenvalue weighted by Gasteiger charge is -2.08. The number of aromatic hydroxyl groups is 1. The lowest BCUT2D eigenvalue weighted by molar-refractivity contribution is 0.188. The van der Waals surface area contributed by atoms with Gasteiger partial charge in [0.05, 0.1) is 23.8 Å². The van der Waals surface area contributed by atoms with Crippen molar-refractivity contribution in [3.05, 3.63) is 42.7 Å². The van der Waals surface area contributed by atoms with Gasteiger partial charge in [0.1, 0.15) is 11.6 Å². The van der Waals surface area contributed by atoms with E-state index in [9.17, 15) is 5.11 Å². The normalized spacial score (nSPS) is 11.1. The SMILES string of the molecule is COCCn1c(-c2cncc(O)c2)nc2ccccc21. The smallest absolute Gasteiger partial charge is 0.142 e. The molecule has 0 bridgehead atoms. The van der Waals surface area contributed by atoms with Crippen LogP contribution in [0, 0.1) is 0 Å². The van der Waals surface area contributed by atoms with E-state index in [1.54, 1.807) is 19.4 Å². The maximum Gasteiger partial charge on any atom is 0.142 e. The summed E-state index contributed by atoms with van der Waals surface area (Å²) in [4.78, 5) is 8.65. The molecule has 3 aromatic rings. The Labute approximate surface area is 116 Å². The summed E-state index contributed by atoms with van der Waals surface area (Å²) >= 11 is 0. The van der Waals surface area contributed by atoms with Crippen LogP contribution >= 0.6 is 0 Å². The van der Waals surface area contributed by atoms with Crippen molar-refractivity contribution >= 4 is 11.0 Å². The molecule has 5 nitrogen and oxygen atoms in total. The average molecular weight is 269 g/mol. The van der Waals surface area contributed by atoms with Gasteiger partial charge in [0.25, 0.3) is 0 Å². The van der Waals surface area contributed by atoms with Crippen LogP contribution in [0.25, 0.3) is 22.4 Å². The monoisotopic (exact) mass is 269 g/mol. The summed E-state index contributed by atoms with van der Waals surface area (Å²) in [5.41, 5.74) is 2.75. The number of hydrogen-bond donors (Lipinski definition) is 1. The molecule has 5 heteroatoms. The number of hydrogen-bond acceptors (Lipinski definition) is 4. The van der Waals surface area contributed by atoms with Crippen LogP contribution in [0.5, 0.6) is 5.75 Å². The third-order valence-corrected chi connectivity index (χ3v) is 3.16. The van der Waals surface area contributed by atoms with Crippen molar-refractivity contribution in [2.24, 2.45) is 0 Å². The Morgan fingerprint density at radius 2 is 2.10 bits per heavy atom. The Kier molecular flexibility index (Phi) is 3.35. The second-order valence-corrected chi connectivity index (χ2v) is 4.50. The van der Waals surface area contributed by atoms with E-state index in [-0.39, 0.29) is 5.75 Å². The van der Waals surface area contributed by atoms with E-state index in [2.05, 4.69) is 14.5 Å². The van der Waals surface area contributed by atoms with Gasteiger partial charge in [0.2, 0.25) is 0 Å². The molecule has 0 unspecified atom stereocenters. The highest BCUT2D eigenvalue weighted by molar-refractivity contribution is 5.80. The van der Waals surface area contributed by atoms with Gasteiger partial charge in [-0.2, -0.15) is 0 Å². The van der Waals surface area contributed by atoms with E-state index >= 15 is 0 Å². The summed E-state index contributed by atoms with van der Waals surface area (Å²) in [6, 6.07) is 9.60. The minimum atomic E-state index is 0.132. The van der Waals surface area contributed by atoms with Gasteiger partial charge in [-0.15, -0.1) is 0 Å². The zero-order chi connectivity index (χ0) is 13.9. The van der Waals surface area contributed by atoms with Gasteiger partial charge >= 0.3 is 0 Å². The fraction of sp³-hybridized carbons (Fsp3) is 0.200. The van der Waals surface area contributed by atoms with Crippen molar-refractivity contribution in [2.45, 2.75) is 6.54 Å². The van der Waals surface area contributed by atoms with Gasteiger partial charge in [-0.25, -0.2) is 4.98 Å². The molecular formula is C15H15N3O2. The molecular weight excluding hydrogens is 254 g/mol. The molecule has 0 saturated heterocycles. The van der Waals surface area contributed by atoms with E-state index < -0.39 is 0 Å². The summed E-state index contributed by atoms with van der Waals surface area (Å²) in [6.07, 6.45) is 3.11. The van der Waals surface area contributed by atoms with E-state index in [0.29, 0.717) is 13.2 Å². The Bertz CT molecular complexity index is 737. The maximum atomic E-state index is 9.59. The number of fused-ring (bicyclic) bond motifs is 1. The van der Waals surface area contributed by atoms with Gasteiger partial charge in [-0.1, -0.05) is 12.1 Å². The van der Waals surface area contributed by atoms with Crippen LogP contribution in [0.3, 0.4) is 0 Å². The second kappa shape index (κ2) is 5.30. The Hall–Kier alpha value is -2.40. The fourth-order valence-electron chi connectivity index (χ4n) is 2.25. The van der Waals surface area contributed by atoms with Crippen molar-refractivity contribution in [3.8, 4) is 17.1 Å². The Morgan fingerprint density at radius 3 is 2.90 bits per heavy atom. The summed E-state index contributed by atoms with van der Waals surface area (Å²) in [6.45, 7) is 1.29. The molecule has 20 heavy (non-hydrogen) atoms. The number of nitrogens with zero attached hydrogens (tertiary/aromatic N) is 3. The van der Waals surface area contributed by atoms with Crippen molar-refractivity contribution < 1.29 is 9.84 Å². The Balaban J connectivity index is 2.18. The molecule has 1 aromatic carbocycles. The van der Waals surface area contributed by atoms with Gasteiger partial charge in [-0.3, -0.25) is 4.98 Å². The number of aromatic nitrogens is 3. The van der Waals surface area contributed by atoms with Gasteiger partial charge in [-0.05, 0) is 18.2 Å². The zero-order valence-electron chi connectivity index (χ0n) is 11.2. The third kappa shape index (κ3) is 2.23. The number of benzene rings is 1. The summed E-state index contributed by atoms with van der Waals surface area (Å²) in [7, 11) is 1.68. The number of ether oxygens (including phenoxy) is 1. The number of rotatable bonds is 4. The topological polar surface area (TPSA) is 60.2 Å². The first-order valence-electron chi connectivity index (χ1n) is 6.38. The second-order valence-electron chi connectivity index (χ2n) is 4.50. The van der Waals surface area contributed by atoms with Crippen LogP contribution in [-0.2, 0) is 11.3 Å². The molecule has 0 radical (unpaired) electrons. The molecule has 2 heterocycles. The molecule has 0 aliphatic carbocycles. The minimum Gasteiger partial charge on any atom is -0.506 e. The van der Waals surface area contributed by atoms with E-state index in [0.717, 1.165) is 22.4 Å². The lowest BCUT2D eigenvalue weighted by atomic mass is 10.2. The van der Waals surface area contributed by atoms with Crippen LogP contribution in [0.4, 0.5) is 0 Å². The highest BCUT2D eigenvalue weighted by Gasteiger charge is 2.12. The van der Waals surface area contributed by atoms with Crippen molar-refractivity contribution in [1.29, 1.82) is 0 Å². The predicted octanol–water partition coefficient (Wildman–Crippen LogP) is 2.45. The fourth-order valence-corrected chi connectivity index (χ4v) is 2.25. The number of imidazole rings is 1. The first kappa shape index (κ1) is 12.6. The largest absolute Gasteiger partial charge is 0.506 e. The third-order valence-electron chi connectivity index (χ3n) is 3.16. The molecule has 0 aliphatic rings. The molecule has 0 fully saturated rings. The highest BCUT2D eigenvalue weighted by Crippen LogP contribution is 2.26. The molecule has 0 aliphatic heterocycles. The van der Waals surface area contributed by atoms with Gasteiger partial charge < -0.3 is 14.4 Å². The molecule has 1 N–H and O–H groups in total. The minimum absolute atomic E-state index is 0.132. The zero-order valence-corrected chi connectivity index (χ0v) is 11.2. The molecule has 0 atom stereocenters. The summed E-state index contributed by atoms with van der Waals surface area (Å²) < 4.78 is 7.24. The predicted molar refractivity (Wildman–Crippen MR) is 76.5 cm³/mol. The van der Waals surface area contributed by atoms with E-state index in [1.807, 2.05) is 24.3 Å². The lowest BCUT2D eigenvalue weighted by Crippen LogP contribution is -2.06. The van der Waals surface area contributed by atoms with E-state index in [1.165, 1.54) is 6.20 Å². The summed E-state index contributed by atoms with van der Waals surface area (Å²) in [5.74, 6) is 0.916. The molecule has 0 spiro atoms. The van der Waals surface area contributed by atoms with Crippen molar-refractivity contribution in [1.82, 2.24) is 14.5 Å². The molecule has 0 saturated carbocycles.